The third kappa shape index (κ3) is 3.50. The van der Waals surface area contributed by atoms with E-state index >= 15 is 0 Å². The number of fused-ring (bicyclic) bond motifs is 1. The number of amides is 1. The van der Waals surface area contributed by atoms with Crippen molar-refractivity contribution < 1.29 is 4.79 Å². The molecule has 0 aliphatic rings. The van der Waals surface area contributed by atoms with Crippen molar-refractivity contribution in [3.8, 4) is 11.1 Å². The maximum atomic E-state index is 13.0. The quantitative estimate of drug-likeness (QED) is 0.494. The highest BCUT2D eigenvalue weighted by Gasteiger charge is 2.19. The number of rotatable bonds is 3. The number of halogens is 2. The van der Waals surface area contributed by atoms with Crippen LogP contribution in [0.15, 0.2) is 71.8 Å². The van der Waals surface area contributed by atoms with E-state index in [4.69, 9.17) is 23.2 Å². The van der Waals surface area contributed by atoms with Crippen molar-refractivity contribution in [1.82, 2.24) is 9.55 Å². The fraction of sp³-hybridized carbons (Fsp3) is 0.0455. The Balaban J connectivity index is 1.85. The summed E-state index contributed by atoms with van der Waals surface area (Å²) in [5.41, 5.74) is 2.05. The zero-order valence-corrected chi connectivity index (χ0v) is 16.8. The number of pyridine rings is 2. The van der Waals surface area contributed by atoms with E-state index in [-0.39, 0.29) is 16.5 Å². The predicted molar refractivity (Wildman–Crippen MR) is 117 cm³/mol. The van der Waals surface area contributed by atoms with E-state index in [1.165, 1.54) is 4.57 Å². The molecule has 144 valence electrons. The average molecular weight is 424 g/mol. The normalized spacial score (nSPS) is 10.9. The Morgan fingerprint density at radius 1 is 1.07 bits per heavy atom. The van der Waals surface area contributed by atoms with Gasteiger partial charge in [0.05, 0.1) is 26.8 Å². The van der Waals surface area contributed by atoms with Gasteiger partial charge in [-0.05, 0) is 36.4 Å². The van der Waals surface area contributed by atoms with Gasteiger partial charge in [-0.25, -0.2) is 0 Å². The maximum Gasteiger partial charge on any atom is 0.258 e. The second-order valence-electron chi connectivity index (χ2n) is 6.46. The van der Waals surface area contributed by atoms with Crippen molar-refractivity contribution in [2.45, 2.75) is 0 Å². The van der Waals surface area contributed by atoms with Crippen LogP contribution in [-0.2, 0) is 7.05 Å². The van der Waals surface area contributed by atoms with E-state index in [0.29, 0.717) is 27.4 Å². The van der Waals surface area contributed by atoms with Crippen LogP contribution in [0.3, 0.4) is 0 Å². The zero-order chi connectivity index (χ0) is 20.5. The smallest absolute Gasteiger partial charge is 0.258 e. The molecular formula is C22H15Cl2N3O2. The number of aromatic nitrogens is 2. The van der Waals surface area contributed by atoms with Crippen LogP contribution in [-0.4, -0.2) is 15.5 Å². The van der Waals surface area contributed by atoms with Crippen LogP contribution in [0.5, 0.6) is 0 Å². The highest BCUT2D eigenvalue weighted by molar-refractivity contribution is 6.41. The van der Waals surface area contributed by atoms with E-state index in [0.717, 1.165) is 10.9 Å². The van der Waals surface area contributed by atoms with Crippen LogP contribution in [0.4, 0.5) is 5.69 Å². The lowest BCUT2D eigenvalue weighted by molar-refractivity contribution is 0.102. The monoisotopic (exact) mass is 423 g/mol. The van der Waals surface area contributed by atoms with Crippen LogP contribution in [0.25, 0.3) is 22.0 Å². The van der Waals surface area contributed by atoms with Gasteiger partial charge in [-0.1, -0.05) is 41.4 Å². The number of nitrogens with one attached hydrogen (secondary N) is 1. The number of carbonyl (C=O) groups excluding carboxylic acids is 1. The van der Waals surface area contributed by atoms with Gasteiger partial charge in [0.25, 0.3) is 11.5 Å². The molecule has 2 heterocycles. The first-order valence-corrected chi connectivity index (χ1v) is 9.51. The first-order valence-electron chi connectivity index (χ1n) is 8.76. The number of nitrogens with zero attached hydrogens (tertiary/aromatic N) is 2. The summed E-state index contributed by atoms with van der Waals surface area (Å²) in [5.74, 6) is -0.309. The molecular weight excluding hydrogens is 409 g/mol. The van der Waals surface area contributed by atoms with E-state index in [1.807, 2.05) is 6.07 Å². The van der Waals surface area contributed by atoms with Gasteiger partial charge in [0.15, 0.2) is 0 Å². The molecule has 0 bridgehead atoms. The minimum atomic E-state index is -0.309. The van der Waals surface area contributed by atoms with E-state index < -0.39 is 0 Å². The molecule has 5 nitrogen and oxygen atoms in total. The summed E-state index contributed by atoms with van der Waals surface area (Å²) in [5, 5.41) is 4.07. The number of benzene rings is 2. The number of carbonyl (C=O) groups is 1. The van der Waals surface area contributed by atoms with Gasteiger partial charge >= 0.3 is 0 Å². The van der Waals surface area contributed by atoms with Crippen LogP contribution >= 0.6 is 23.2 Å². The molecule has 1 N–H and O–H groups in total. The van der Waals surface area contributed by atoms with Gasteiger partial charge in [0, 0.05) is 36.0 Å². The molecule has 0 unspecified atom stereocenters. The second kappa shape index (κ2) is 7.70. The Morgan fingerprint density at radius 2 is 1.83 bits per heavy atom. The van der Waals surface area contributed by atoms with E-state index in [2.05, 4.69) is 10.3 Å². The van der Waals surface area contributed by atoms with Gasteiger partial charge in [-0.2, -0.15) is 0 Å². The highest BCUT2D eigenvalue weighted by Crippen LogP contribution is 2.39. The van der Waals surface area contributed by atoms with Crippen molar-refractivity contribution in [3.63, 3.8) is 0 Å². The van der Waals surface area contributed by atoms with Crippen molar-refractivity contribution in [1.29, 1.82) is 0 Å². The molecule has 29 heavy (non-hydrogen) atoms. The fourth-order valence-corrected chi connectivity index (χ4v) is 3.80. The number of hydrogen-bond donors (Lipinski definition) is 1. The molecule has 0 saturated heterocycles. The molecule has 0 aliphatic heterocycles. The molecule has 0 atom stereocenters. The summed E-state index contributed by atoms with van der Waals surface area (Å²) in [6.07, 6.45) is 3.29. The molecule has 0 aliphatic carbocycles. The maximum absolute atomic E-state index is 13.0. The molecule has 0 saturated carbocycles. The molecule has 0 spiro atoms. The summed E-state index contributed by atoms with van der Waals surface area (Å²) < 4.78 is 1.52. The van der Waals surface area contributed by atoms with Gasteiger partial charge in [-0.15, -0.1) is 0 Å². The van der Waals surface area contributed by atoms with Gasteiger partial charge < -0.3 is 9.88 Å². The minimum Gasteiger partial charge on any atom is -0.321 e. The summed E-state index contributed by atoms with van der Waals surface area (Å²) in [7, 11) is 1.68. The Morgan fingerprint density at radius 3 is 2.59 bits per heavy atom. The van der Waals surface area contributed by atoms with Crippen molar-refractivity contribution in [2.75, 3.05) is 5.32 Å². The number of hydrogen-bond acceptors (Lipinski definition) is 3. The van der Waals surface area contributed by atoms with Crippen molar-refractivity contribution in [2.24, 2.45) is 7.05 Å². The van der Waals surface area contributed by atoms with Crippen molar-refractivity contribution >= 4 is 45.7 Å². The summed E-state index contributed by atoms with van der Waals surface area (Å²) in [4.78, 5) is 29.6. The average Bonchev–Trinajstić information content (AvgIpc) is 2.74. The van der Waals surface area contributed by atoms with Gasteiger partial charge in [0.1, 0.15) is 0 Å². The van der Waals surface area contributed by atoms with Crippen LogP contribution in [0, 0.1) is 0 Å². The molecule has 4 aromatic rings. The summed E-state index contributed by atoms with van der Waals surface area (Å²) in [6, 6.07) is 15.5. The molecule has 1 amide bonds. The fourth-order valence-electron chi connectivity index (χ4n) is 3.18. The largest absolute Gasteiger partial charge is 0.321 e. The molecule has 2 aromatic heterocycles. The second-order valence-corrected chi connectivity index (χ2v) is 7.25. The Labute approximate surface area is 176 Å². The molecule has 0 fully saturated rings. The van der Waals surface area contributed by atoms with Gasteiger partial charge in [-0.3, -0.25) is 14.6 Å². The van der Waals surface area contributed by atoms with Crippen LogP contribution in [0.1, 0.15) is 10.4 Å². The third-order valence-electron chi connectivity index (χ3n) is 4.67. The predicted octanol–water partition coefficient (Wildman–Crippen LogP) is 5.16. The first-order chi connectivity index (χ1) is 14.0. The number of aryl methyl sites for hydroxylation is 1. The van der Waals surface area contributed by atoms with Crippen LogP contribution in [0.2, 0.25) is 10.0 Å². The van der Waals surface area contributed by atoms with E-state index in [1.54, 1.807) is 68.0 Å². The van der Waals surface area contributed by atoms with Gasteiger partial charge in [0.2, 0.25) is 0 Å². The SMILES string of the molecule is Cn1c(=O)c(-c2c(Cl)ccc(NC(=O)c3ccccc3)c2Cl)cc2cnccc21. The molecule has 2 aromatic carbocycles. The standard InChI is InChI=1S/C22H15Cl2N3O2/c1-27-18-9-10-25-12-14(18)11-15(22(27)29)19-16(23)7-8-17(20(19)24)26-21(28)13-5-3-2-4-6-13/h2-12H,1H3,(H,26,28). The lowest BCUT2D eigenvalue weighted by atomic mass is 10.0. The molecule has 4 rings (SSSR count). The van der Waals surface area contributed by atoms with Crippen LogP contribution < -0.4 is 10.9 Å². The molecule has 0 radical (unpaired) electrons. The van der Waals surface area contributed by atoms with E-state index in [9.17, 15) is 9.59 Å². The number of anilines is 1. The van der Waals surface area contributed by atoms with Crippen molar-refractivity contribution in [3.05, 3.63) is 93.0 Å². The topological polar surface area (TPSA) is 64.0 Å². The minimum absolute atomic E-state index is 0.196. The Hall–Kier alpha value is -3.15. The molecule has 7 heteroatoms. The Bertz CT molecular complexity index is 1300. The first kappa shape index (κ1) is 19.2. The lowest BCUT2D eigenvalue weighted by Crippen LogP contribution is -2.19. The summed E-state index contributed by atoms with van der Waals surface area (Å²) in [6.45, 7) is 0. The Kier molecular flexibility index (Phi) is 5.09. The summed E-state index contributed by atoms with van der Waals surface area (Å²) >= 11 is 13.0. The highest BCUT2D eigenvalue weighted by atomic mass is 35.5. The lowest BCUT2D eigenvalue weighted by Gasteiger charge is -2.14. The third-order valence-corrected chi connectivity index (χ3v) is 5.38. The zero-order valence-electron chi connectivity index (χ0n) is 15.3.